The SMILES string of the molecule is COP(=O)(CCN(C)CCN(CCC#N)P(=O)(C(C)C)C(C)C)OC. The molecule has 0 atom stereocenters. The molecule has 0 radical (unpaired) electrons. The van der Waals surface area contributed by atoms with Crippen LogP contribution in [0.1, 0.15) is 34.1 Å². The highest BCUT2D eigenvalue weighted by molar-refractivity contribution is 7.62. The summed E-state index contributed by atoms with van der Waals surface area (Å²) in [5.74, 6) is 0. The Hall–Kier alpha value is -0.210. The summed E-state index contributed by atoms with van der Waals surface area (Å²) < 4.78 is 37.6. The van der Waals surface area contributed by atoms with Crippen molar-refractivity contribution in [3.8, 4) is 6.07 Å². The van der Waals surface area contributed by atoms with Crippen LogP contribution >= 0.6 is 14.9 Å². The monoisotopic (exact) mass is 395 g/mol. The quantitative estimate of drug-likeness (QED) is 0.440. The Labute approximate surface area is 153 Å². The molecular weight excluding hydrogens is 360 g/mol. The van der Waals surface area contributed by atoms with Crippen LogP contribution in [0.5, 0.6) is 0 Å². The van der Waals surface area contributed by atoms with Gasteiger partial charge >= 0.3 is 7.60 Å². The topological polar surface area (TPSA) is 82.9 Å². The van der Waals surface area contributed by atoms with Gasteiger partial charge in [-0.3, -0.25) is 9.24 Å². The summed E-state index contributed by atoms with van der Waals surface area (Å²) in [6.07, 6.45) is 0.663. The van der Waals surface area contributed by atoms with E-state index in [1.54, 1.807) is 0 Å². The number of nitrogens with zero attached hydrogens (tertiary/aromatic N) is 3. The van der Waals surface area contributed by atoms with Crippen LogP contribution in [0.25, 0.3) is 0 Å². The van der Waals surface area contributed by atoms with Crippen molar-refractivity contribution in [2.24, 2.45) is 0 Å². The van der Waals surface area contributed by atoms with Crippen molar-refractivity contribution in [3.05, 3.63) is 0 Å². The van der Waals surface area contributed by atoms with Gasteiger partial charge in [-0.1, -0.05) is 27.7 Å². The molecule has 0 saturated heterocycles. The predicted molar refractivity (Wildman–Crippen MR) is 104 cm³/mol. The fraction of sp³-hybridized carbons (Fsp3) is 0.938. The maximum absolute atomic E-state index is 13.6. The van der Waals surface area contributed by atoms with E-state index >= 15 is 0 Å². The average molecular weight is 395 g/mol. The van der Waals surface area contributed by atoms with Crippen LogP contribution < -0.4 is 0 Å². The summed E-state index contributed by atoms with van der Waals surface area (Å²) in [6.45, 7) is 10.3. The van der Waals surface area contributed by atoms with Gasteiger partial charge in [-0.05, 0) is 7.05 Å². The van der Waals surface area contributed by atoms with Gasteiger partial charge in [-0.25, -0.2) is 0 Å². The van der Waals surface area contributed by atoms with Crippen LogP contribution in [-0.4, -0.2) is 74.5 Å². The normalized spacial score (nSPS) is 13.2. The fourth-order valence-electron chi connectivity index (χ4n) is 2.80. The molecule has 9 heteroatoms. The molecule has 0 aromatic heterocycles. The number of hydrogen-bond donors (Lipinski definition) is 0. The van der Waals surface area contributed by atoms with Crippen LogP contribution in [0.4, 0.5) is 0 Å². The lowest BCUT2D eigenvalue weighted by molar-refractivity contribution is 0.260. The lowest BCUT2D eigenvalue weighted by atomic mass is 10.4. The number of rotatable bonds is 13. The smallest absolute Gasteiger partial charge is 0.312 e. The van der Waals surface area contributed by atoms with Gasteiger partial charge in [0.05, 0.1) is 12.2 Å². The first-order valence-corrected chi connectivity index (χ1v) is 12.2. The van der Waals surface area contributed by atoms with E-state index in [1.165, 1.54) is 14.2 Å². The Morgan fingerprint density at radius 1 is 0.960 bits per heavy atom. The number of nitriles is 1. The van der Waals surface area contributed by atoms with Crippen molar-refractivity contribution in [3.63, 3.8) is 0 Å². The molecule has 0 bridgehead atoms. The van der Waals surface area contributed by atoms with E-state index in [0.717, 1.165) is 0 Å². The van der Waals surface area contributed by atoms with Gasteiger partial charge in [0.15, 0.2) is 7.29 Å². The Kier molecular flexibility index (Phi) is 11.4. The van der Waals surface area contributed by atoms with E-state index in [-0.39, 0.29) is 11.3 Å². The van der Waals surface area contributed by atoms with Crippen molar-refractivity contribution in [1.82, 2.24) is 9.57 Å². The van der Waals surface area contributed by atoms with E-state index in [9.17, 15) is 9.13 Å². The van der Waals surface area contributed by atoms with Crippen LogP contribution in [0.15, 0.2) is 0 Å². The Bertz CT molecular complexity index is 500. The van der Waals surface area contributed by atoms with Gasteiger partial charge in [0.1, 0.15) is 0 Å². The van der Waals surface area contributed by atoms with Crippen LogP contribution in [0, 0.1) is 11.3 Å². The molecule has 0 aliphatic heterocycles. The zero-order valence-electron chi connectivity index (χ0n) is 16.8. The molecule has 7 nitrogen and oxygen atoms in total. The molecule has 0 amide bonds. The minimum atomic E-state index is -3.02. The average Bonchev–Trinajstić information content (AvgIpc) is 2.58. The molecule has 0 aromatic rings. The second-order valence-electron chi connectivity index (χ2n) is 6.72. The molecule has 0 aliphatic carbocycles. The van der Waals surface area contributed by atoms with Gasteiger partial charge in [-0.2, -0.15) is 5.26 Å². The second-order valence-corrected chi connectivity index (χ2v) is 13.1. The lowest BCUT2D eigenvalue weighted by Crippen LogP contribution is -2.36. The number of likely N-dealkylation sites (N-methyl/N-ethyl adjacent to an activating group) is 1. The van der Waals surface area contributed by atoms with Gasteiger partial charge in [0.2, 0.25) is 0 Å². The van der Waals surface area contributed by atoms with Crippen molar-refractivity contribution in [1.29, 1.82) is 5.26 Å². The summed E-state index contributed by atoms with van der Waals surface area (Å²) in [5, 5.41) is 8.93. The molecule has 0 aromatic carbocycles. The Balaban J connectivity index is 4.92. The molecule has 148 valence electrons. The van der Waals surface area contributed by atoms with E-state index in [0.29, 0.717) is 38.8 Å². The third-order valence-corrected chi connectivity index (χ3v) is 10.6. The summed E-state index contributed by atoms with van der Waals surface area (Å²) in [4.78, 5) is 2.02. The predicted octanol–water partition coefficient (Wildman–Crippen LogP) is 3.71. The first kappa shape index (κ1) is 24.8. The van der Waals surface area contributed by atoms with Gasteiger partial charge in [0, 0.05) is 58.1 Å². The summed E-state index contributed by atoms with van der Waals surface area (Å²) in [6, 6.07) is 2.15. The van der Waals surface area contributed by atoms with Crippen molar-refractivity contribution >= 4 is 14.9 Å². The third-order valence-electron chi connectivity index (χ3n) is 4.46. The first-order valence-electron chi connectivity index (χ1n) is 8.68. The molecule has 0 rings (SSSR count). The third kappa shape index (κ3) is 7.51. The van der Waals surface area contributed by atoms with Crippen LogP contribution in [-0.2, 0) is 18.2 Å². The molecule has 0 N–H and O–H groups in total. The molecule has 0 fully saturated rings. The minimum absolute atomic E-state index is 0.0405. The van der Waals surface area contributed by atoms with Gasteiger partial charge in [0.25, 0.3) is 0 Å². The first-order chi connectivity index (χ1) is 11.6. The second kappa shape index (κ2) is 11.5. The zero-order valence-corrected chi connectivity index (χ0v) is 18.6. The Morgan fingerprint density at radius 2 is 1.48 bits per heavy atom. The highest BCUT2D eigenvalue weighted by Gasteiger charge is 2.36. The lowest BCUT2D eigenvalue weighted by Gasteiger charge is -2.38. The molecule has 0 saturated carbocycles. The van der Waals surface area contributed by atoms with E-state index in [2.05, 4.69) is 6.07 Å². The number of hydrogen-bond acceptors (Lipinski definition) is 6. The van der Waals surface area contributed by atoms with Crippen molar-refractivity contribution in [2.45, 2.75) is 45.4 Å². The van der Waals surface area contributed by atoms with Crippen molar-refractivity contribution in [2.75, 3.05) is 53.6 Å². The summed E-state index contributed by atoms with van der Waals surface area (Å²) in [5.41, 5.74) is 0.0809. The van der Waals surface area contributed by atoms with Crippen molar-refractivity contribution < 1.29 is 18.2 Å². The molecule has 0 spiro atoms. The van der Waals surface area contributed by atoms with E-state index in [4.69, 9.17) is 14.3 Å². The highest BCUT2D eigenvalue weighted by atomic mass is 31.2. The van der Waals surface area contributed by atoms with Gasteiger partial charge in [-0.15, -0.1) is 0 Å². The maximum atomic E-state index is 13.6. The standard InChI is InChI=1S/C16H35N3O4P2/c1-15(2)25(21,16(3)4)19(10-8-9-17)12-11-18(5)13-14-24(20,22-6)23-7/h15-16H,8,10-14H2,1-7H3. The highest BCUT2D eigenvalue weighted by Crippen LogP contribution is 2.58. The Morgan fingerprint density at radius 3 is 1.88 bits per heavy atom. The summed E-state index contributed by atoms with van der Waals surface area (Å²) >= 11 is 0. The fourth-order valence-corrected chi connectivity index (χ4v) is 7.22. The van der Waals surface area contributed by atoms with E-state index in [1.807, 2.05) is 44.3 Å². The molecule has 0 unspecified atom stereocenters. The van der Waals surface area contributed by atoms with E-state index < -0.39 is 14.9 Å². The van der Waals surface area contributed by atoms with Crippen LogP contribution in [0.2, 0.25) is 0 Å². The maximum Gasteiger partial charge on any atom is 0.331 e. The molecule has 0 aliphatic rings. The minimum Gasteiger partial charge on any atom is -0.312 e. The zero-order chi connectivity index (χ0) is 19.7. The largest absolute Gasteiger partial charge is 0.331 e. The molecule has 25 heavy (non-hydrogen) atoms. The molecule has 0 heterocycles. The van der Waals surface area contributed by atoms with Crippen LogP contribution in [0.3, 0.4) is 0 Å². The van der Waals surface area contributed by atoms with Gasteiger partial charge < -0.3 is 18.5 Å². The summed E-state index contributed by atoms with van der Waals surface area (Å²) in [7, 11) is -0.895. The molecular formula is C16H35N3O4P2.